The fourth-order valence-electron chi connectivity index (χ4n) is 4.00. The van der Waals surface area contributed by atoms with Gasteiger partial charge in [0.1, 0.15) is 5.75 Å². The van der Waals surface area contributed by atoms with Gasteiger partial charge in [-0.2, -0.15) is 0 Å². The van der Waals surface area contributed by atoms with Crippen molar-refractivity contribution < 1.29 is 9.47 Å². The largest absolute Gasteiger partial charge is 0.497 e. The van der Waals surface area contributed by atoms with Crippen LogP contribution in [0.4, 0.5) is 0 Å². The minimum atomic E-state index is -0.116. The van der Waals surface area contributed by atoms with Gasteiger partial charge in [-0.15, -0.1) is 0 Å². The van der Waals surface area contributed by atoms with Crippen LogP contribution in [0.1, 0.15) is 24.0 Å². The van der Waals surface area contributed by atoms with E-state index in [4.69, 9.17) is 21.7 Å². The van der Waals surface area contributed by atoms with Gasteiger partial charge in [-0.1, -0.05) is 30.3 Å². The van der Waals surface area contributed by atoms with Crippen LogP contribution in [0.25, 0.3) is 10.9 Å². The van der Waals surface area contributed by atoms with Crippen LogP contribution in [0.2, 0.25) is 0 Å². The van der Waals surface area contributed by atoms with Crippen molar-refractivity contribution in [2.24, 2.45) is 0 Å². The first-order valence-corrected chi connectivity index (χ1v) is 11.4. The number of fused-ring (bicyclic) bond motifs is 1. The molecule has 2 aromatic carbocycles. The van der Waals surface area contributed by atoms with E-state index in [0.29, 0.717) is 29.5 Å². The molecule has 0 amide bonds. The molecule has 1 saturated heterocycles. The predicted octanol–water partition coefficient (Wildman–Crippen LogP) is 3.63. The third-order valence-corrected chi connectivity index (χ3v) is 6.16. The minimum Gasteiger partial charge on any atom is -0.497 e. The van der Waals surface area contributed by atoms with Crippen LogP contribution in [-0.2, 0) is 17.7 Å². The van der Waals surface area contributed by atoms with Crippen LogP contribution in [0.3, 0.4) is 0 Å². The number of H-pyrrole nitrogens is 1. The van der Waals surface area contributed by atoms with Gasteiger partial charge in [0.15, 0.2) is 5.11 Å². The van der Waals surface area contributed by atoms with E-state index >= 15 is 0 Å². The topological polar surface area (TPSA) is 66.6 Å². The summed E-state index contributed by atoms with van der Waals surface area (Å²) in [5.41, 5.74) is 2.57. The maximum absolute atomic E-state index is 12.8. The van der Waals surface area contributed by atoms with Crippen LogP contribution in [0.5, 0.6) is 5.75 Å². The van der Waals surface area contributed by atoms with E-state index in [-0.39, 0.29) is 11.7 Å². The summed E-state index contributed by atoms with van der Waals surface area (Å²) in [5, 5.41) is 4.97. The first-order valence-electron chi connectivity index (χ1n) is 11.0. The van der Waals surface area contributed by atoms with Crippen molar-refractivity contribution in [2.45, 2.75) is 31.9 Å². The zero-order valence-corrected chi connectivity index (χ0v) is 19.1. The Morgan fingerprint density at radius 1 is 1.25 bits per heavy atom. The normalized spacial score (nSPS) is 15.6. The molecule has 168 valence electrons. The Hall–Kier alpha value is -2.90. The maximum Gasteiger partial charge on any atom is 0.253 e. The number of methoxy groups -OCH3 is 1. The fourth-order valence-corrected chi connectivity index (χ4v) is 4.24. The quantitative estimate of drug-likeness (QED) is 0.510. The van der Waals surface area contributed by atoms with E-state index in [0.717, 1.165) is 43.3 Å². The molecule has 6 nitrogen and oxygen atoms in total. The highest BCUT2D eigenvalue weighted by molar-refractivity contribution is 7.80. The Morgan fingerprint density at radius 3 is 2.84 bits per heavy atom. The summed E-state index contributed by atoms with van der Waals surface area (Å²) in [5.74, 6) is 0.713. The summed E-state index contributed by atoms with van der Waals surface area (Å²) in [6.45, 7) is 2.61. The second-order valence-corrected chi connectivity index (χ2v) is 8.45. The summed E-state index contributed by atoms with van der Waals surface area (Å²) >= 11 is 5.73. The minimum absolute atomic E-state index is 0.116. The molecular weight excluding hydrogens is 422 g/mol. The number of hydrogen-bond donors (Lipinski definition) is 2. The van der Waals surface area contributed by atoms with Gasteiger partial charge in [0.2, 0.25) is 0 Å². The van der Waals surface area contributed by atoms with Crippen molar-refractivity contribution >= 4 is 28.2 Å². The van der Waals surface area contributed by atoms with Gasteiger partial charge in [-0.3, -0.25) is 4.79 Å². The Balaban J connectivity index is 1.48. The average Bonchev–Trinajstić information content (AvgIpc) is 3.32. The summed E-state index contributed by atoms with van der Waals surface area (Å²) in [6, 6.07) is 17.9. The molecule has 0 saturated carbocycles. The highest BCUT2D eigenvalue weighted by atomic mass is 32.1. The number of aromatic amines is 1. The lowest BCUT2D eigenvalue weighted by Crippen LogP contribution is -2.44. The van der Waals surface area contributed by atoms with Gasteiger partial charge in [-0.05, 0) is 60.6 Å². The highest BCUT2D eigenvalue weighted by Crippen LogP contribution is 2.20. The number of aromatic nitrogens is 1. The van der Waals surface area contributed by atoms with Crippen molar-refractivity contribution in [3.8, 4) is 5.75 Å². The molecule has 32 heavy (non-hydrogen) atoms. The van der Waals surface area contributed by atoms with Crippen LogP contribution < -0.4 is 15.6 Å². The average molecular weight is 452 g/mol. The van der Waals surface area contributed by atoms with E-state index in [1.54, 1.807) is 7.11 Å². The lowest BCUT2D eigenvalue weighted by atomic mass is 10.1. The molecule has 7 heteroatoms. The molecule has 1 atom stereocenters. The first-order chi connectivity index (χ1) is 15.6. The van der Waals surface area contributed by atoms with Crippen molar-refractivity contribution in [3.63, 3.8) is 0 Å². The summed E-state index contributed by atoms with van der Waals surface area (Å²) in [6.07, 6.45) is 3.09. The van der Waals surface area contributed by atoms with Gasteiger partial charge in [0.25, 0.3) is 5.56 Å². The number of rotatable bonds is 8. The van der Waals surface area contributed by atoms with Crippen LogP contribution in [-0.4, -0.2) is 47.9 Å². The van der Waals surface area contributed by atoms with E-state index < -0.39 is 0 Å². The van der Waals surface area contributed by atoms with Crippen LogP contribution in [0, 0.1) is 0 Å². The van der Waals surface area contributed by atoms with Gasteiger partial charge in [-0.25, -0.2) is 0 Å². The molecule has 2 heterocycles. The molecule has 2 N–H and O–H groups in total. The van der Waals surface area contributed by atoms with Gasteiger partial charge in [0.05, 0.1) is 25.3 Å². The van der Waals surface area contributed by atoms with Crippen LogP contribution >= 0.6 is 12.2 Å². The lowest BCUT2D eigenvalue weighted by Gasteiger charge is -2.28. The monoisotopic (exact) mass is 451 g/mol. The number of nitrogens with one attached hydrogen (secondary N) is 2. The summed E-state index contributed by atoms with van der Waals surface area (Å²) in [4.78, 5) is 17.8. The third-order valence-electron chi connectivity index (χ3n) is 5.76. The molecule has 0 spiro atoms. The zero-order chi connectivity index (χ0) is 22.3. The molecule has 3 aromatic rings. The molecule has 1 unspecified atom stereocenters. The SMILES string of the molecule is COc1ccc2cc(CN(CC3CCCO3)C(=S)NCCc3ccccc3)c(=O)[nH]c2c1. The van der Waals surface area contributed by atoms with E-state index in [2.05, 4.69) is 27.3 Å². The molecule has 0 radical (unpaired) electrons. The third kappa shape index (κ3) is 5.66. The summed E-state index contributed by atoms with van der Waals surface area (Å²) in [7, 11) is 1.61. The number of benzene rings is 2. The number of hydrogen-bond acceptors (Lipinski definition) is 4. The van der Waals surface area contributed by atoms with Crippen molar-refractivity contribution in [2.75, 3.05) is 26.8 Å². The fraction of sp³-hybridized carbons (Fsp3) is 0.360. The Kier molecular flexibility index (Phi) is 7.39. The lowest BCUT2D eigenvalue weighted by molar-refractivity contribution is 0.0897. The van der Waals surface area contributed by atoms with E-state index in [9.17, 15) is 4.79 Å². The van der Waals surface area contributed by atoms with Crippen LogP contribution in [0.15, 0.2) is 59.4 Å². The van der Waals surface area contributed by atoms with E-state index in [1.807, 2.05) is 42.5 Å². The number of thiocarbonyl (C=S) groups is 1. The smallest absolute Gasteiger partial charge is 0.253 e. The van der Waals surface area contributed by atoms with E-state index in [1.165, 1.54) is 5.56 Å². The maximum atomic E-state index is 12.8. The molecule has 1 aromatic heterocycles. The second kappa shape index (κ2) is 10.6. The van der Waals surface area contributed by atoms with Gasteiger partial charge < -0.3 is 24.7 Å². The molecule has 0 aliphatic carbocycles. The summed E-state index contributed by atoms with van der Waals surface area (Å²) < 4.78 is 11.1. The highest BCUT2D eigenvalue weighted by Gasteiger charge is 2.22. The van der Waals surface area contributed by atoms with Gasteiger partial charge >= 0.3 is 0 Å². The Labute approximate surface area is 193 Å². The van der Waals surface area contributed by atoms with Crippen molar-refractivity contribution in [1.82, 2.24) is 15.2 Å². The molecule has 1 aliphatic heterocycles. The standard InChI is InChI=1S/C25H29N3O3S/c1-30-21-10-9-19-14-20(24(29)27-23(19)15-21)16-28(17-22-8-5-13-31-22)25(32)26-12-11-18-6-3-2-4-7-18/h2-4,6-7,9-10,14-15,22H,5,8,11-13,16-17H2,1H3,(H,26,32)(H,27,29). The van der Waals surface area contributed by atoms with Gasteiger partial charge in [0, 0.05) is 31.3 Å². The Morgan fingerprint density at radius 2 is 2.09 bits per heavy atom. The molecule has 0 bridgehead atoms. The molecule has 1 fully saturated rings. The molecule has 4 rings (SSSR count). The zero-order valence-electron chi connectivity index (χ0n) is 18.3. The predicted molar refractivity (Wildman–Crippen MR) is 131 cm³/mol. The Bertz CT molecular complexity index is 1110. The number of pyridine rings is 1. The first kappa shape index (κ1) is 22.3. The number of ether oxygens (including phenoxy) is 2. The second-order valence-electron chi connectivity index (χ2n) is 8.06. The van der Waals surface area contributed by atoms with Crippen molar-refractivity contribution in [3.05, 3.63) is 76.1 Å². The molecular formula is C25H29N3O3S. The molecule has 1 aliphatic rings. The van der Waals surface area contributed by atoms with Crippen molar-refractivity contribution in [1.29, 1.82) is 0 Å². The number of nitrogens with zero attached hydrogens (tertiary/aromatic N) is 1.